The summed E-state index contributed by atoms with van der Waals surface area (Å²) in [5, 5.41) is 6.82. The van der Waals surface area contributed by atoms with Crippen molar-refractivity contribution in [1.82, 2.24) is 25.1 Å². The number of carbonyl (C=O) groups is 1. The zero-order chi connectivity index (χ0) is 16.3. The molecule has 1 fully saturated rings. The van der Waals surface area contributed by atoms with E-state index in [-0.39, 0.29) is 5.91 Å². The van der Waals surface area contributed by atoms with Crippen LogP contribution in [-0.2, 0) is 23.9 Å². The quantitative estimate of drug-likeness (QED) is 0.926. The Hall–Kier alpha value is -2.28. The van der Waals surface area contributed by atoms with E-state index >= 15 is 0 Å². The largest absolute Gasteiger partial charge is 0.367 e. The summed E-state index contributed by atoms with van der Waals surface area (Å²) in [6.45, 7) is 3.16. The van der Waals surface area contributed by atoms with Crippen molar-refractivity contribution in [2.45, 2.75) is 38.3 Å². The third-order valence-electron chi connectivity index (χ3n) is 4.15. The number of nitrogens with zero attached hydrogens (tertiary/aromatic N) is 4. The maximum absolute atomic E-state index is 12.0. The molecule has 2 aromatic rings. The first-order chi connectivity index (χ1) is 11.1. The molecule has 1 N–H and O–H groups in total. The van der Waals surface area contributed by atoms with Crippen molar-refractivity contribution in [2.75, 3.05) is 6.61 Å². The molecular formula is C16H21N5O2. The maximum Gasteiger partial charge on any atom is 0.269 e. The van der Waals surface area contributed by atoms with Crippen LogP contribution in [0.25, 0.3) is 0 Å². The number of carbonyl (C=O) groups excluding carboxylic acids is 1. The highest BCUT2D eigenvalue weighted by atomic mass is 16.5. The molecule has 0 bridgehead atoms. The molecule has 122 valence electrons. The van der Waals surface area contributed by atoms with Gasteiger partial charge < -0.3 is 10.1 Å². The average molecular weight is 315 g/mol. The minimum absolute atomic E-state index is 0.170. The Morgan fingerprint density at radius 3 is 2.78 bits per heavy atom. The van der Waals surface area contributed by atoms with Gasteiger partial charge in [-0.25, -0.2) is 9.97 Å². The van der Waals surface area contributed by atoms with Crippen LogP contribution >= 0.6 is 0 Å². The topological polar surface area (TPSA) is 81.9 Å². The number of rotatable bonds is 4. The van der Waals surface area contributed by atoms with Gasteiger partial charge in [-0.1, -0.05) is 0 Å². The molecule has 3 heterocycles. The Morgan fingerprint density at radius 2 is 2.17 bits per heavy atom. The summed E-state index contributed by atoms with van der Waals surface area (Å²) in [6, 6.07) is 1.68. The van der Waals surface area contributed by atoms with Crippen LogP contribution in [0.1, 0.15) is 48.1 Å². The van der Waals surface area contributed by atoms with Gasteiger partial charge in [0.1, 0.15) is 11.3 Å². The van der Waals surface area contributed by atoms with Crippen molar-refractivity contribution in [1.29, 1.82) is 0 Å². The molecule has 0 radical (unpaired) electrons. The fourth-order valence-corrected chi connectivity index (χ4v) is 2.70. The van der Waals surface area contributed by atoms with Crippen LogP contribution < -0.4 is 5.32 Å². The molecule has 1 aliphatic rings. The van der Waals surface area contributed by atoms with E-state index in [0.29, 0.717) is 18.1 Å². The van der Waals surface area contributed by atoms with Gasteiger partial charge in [-0.3, -0.25) is 9.48 Å². The van der Waals surface area contributed by atoms with E-state index in [4.69, 9.17) is 4.74 Å². The standard InChI is InChI=1S/C16H21N5O2/c1-16(6-3-4-8-23-16)15-18-10-12(11-19-15)9-17-14(22)13-5-7-20-21(13)2/h5,7,10-11H,3-4,6,8-9H2,1-2H3,(H,17,22)/t16-/m0/s1. The van der Waals surface area contributed by atoms with Crippen LogP contribution in [0.2, 0.25) is 0 Å². The summed E-state index contributed by atoms with van der Waals surface area (Å²) in [4.78, 5) is 20.9. The minimum atomic E-state index is -0.394. The summed E-state index contributed by atoms with van der Waals surface area (Å²) in [5.74, 6) is 0.538. The number of nitrogens with one attached hydrogen (secondary N) is 1. The third kappa shape index (κ3) is 3.39. The fraction of sp³-hybridized carbons (Fsp3) is 0.500. The van der Waals surface area contributed by atoms with Crippen LogP contribution in [-0.4, -0.2) is 32.3 Å². The van der Waals surface area contributed by atoms with Gasteiger partial charge in [0, 0.05) is 44.4 Å². The van der Waals surface area contributed by atoms with Gasteiger partial charge in [-0.2, -0.15) is 5.10 Å². The molecule has 3 rings (SSSR count). The Bertz CT molecular complexity index is 674. The van der Waals surface area contributed by atoms with Gasteiger partial charge >= 0.3 is 0 Å². The molecule has 0 aliphatic carbocycles. The van der Waals surface area contributed by atoms with E-state index in [1.54, 1.807) is 31.7 Å². The SMILES string of the molecule is Cn1nccc1C(=O)NCc1cnc([C@]2(C)CCCCO2)nc1. The van der Waals surface area contributed by atoms with Gasteiger partial charge in [0.05, 0.1) is 0 Å². The van der Waals surface area contributed by atoms with Crippen molar-refractivity contribution in [3.8, 4) is 0 Å². The first-order valence-electron chi connectivity index (χ1n) is 7.80. The molecular weight excluding hydrogens is 294 g/mol. The van der Waals surface area contributed by atoms with Gasteiger partial charge in [-0.05, 0) is 32.3 Å². The fourth-order valence-electron chi connectivity index (χ4n) is 2.70. The highest BCUT2D eigenvalue weighted by molar-refractivity contribution is 5.92. The van der Waals surface area contributed by atoms with E-state index in [0.717, 1.165) is 31.4 Å². The summed E-state index contributed by atoms with van der Waals surface area (Å²) in [7, 11) is 1.73. The second-order valence-electron chi connectivity index (χ2n) is 5.97. The average Bonchev–Trinajstić information content (AvgIpc) is 3.00. The van der Waals surface area contributed by atoms with E-state index in [2.05, 4.69) is 20.4 Å². The molecule has 1 atom stereocenters. The van der Waals surface area contributed by atoms with E-state index < -0.39 is 5.60 Å². The lowest BCUT2D eigenvalue weighted by molar-refractivity contribution is -0.0760. The number of hydrogen-bond donors (Lipinski definition) is 1. The van der Waals surface area contributed by atoms with Crippen LogP contribution in [0.3, 0.4) is 0 Å². The van der Waals surface area contributed by atoms with Crippen LogP contribution in [0.5, 0.6) is 0 Å². The summed E-state index contributed by atoms with van der Waals surface area (Å²) in [5.41, 5.74) is 0.976. The Morgan fingerprint density at radius 1 is 1.39 bits per heavy atom. The van der Waals surface area contributed by atoms with Gasteiger partial charge in [0.25, 0.3) is 5.91 Å². The van der Waals surface area contributed by atoms with E-state index in [1.165, 1.54) is 4.68 Å². The van der Waals surface area contributed by atoms with Crippen LogP contribution in [0.15, 0.2) is 24.7 Å². The van der Waals surface area contributed by atoms with Gasteiger partial charge in [0.2, 0.25) is 0 Å². The van der Waals surface area contributed by atoms with Crippen LogP contribution in [0, 0.1) is 0 Å². The number of amides is 1. The highest BCUT2D eigenvalue weighted by Gasteiger charge is 2.32. The monoisotopic (exact) mass is 315 g/mol. The van der Waals surface area contributed by atoms with Crippen molar-refractivity contribution in [3.05, 3.63) is 41.7 Å². The lowest BCUT2D eigenvalue weighted by atomic mass is 9.95. The zero-order valence-electron chi connectivity index (χ0n) is 13.5. The number of hydrogen-bond acceptors (Lipinski definition) is 5. The van der Waals surface area contributed by atoms with Crippen LogP contribution in [0.4, 0.5) is 0 Å². The molecule has 0 spiro atoms. The molecule has 7 nitrogen and oxygen atoms in total. The predicted molar refractivity (Wildman–Crippen MR) is 83.6 cm³/mol. The lowest BCUT2D eigenvalue weighted by Crippen LogP contribution is -2.32. The maximum atomic E-state index is 12.0. The van der Waals surface area contributed by atoms with Crippen molar-refractivity contribution >= 4 is 5.91 Å². The van der Waals surface area contributed by atoms with Crippen molar-refractivity contribution < 1.29 is 9.53 Å². The van der Waals surface area contributed by atoms with Crippen molar-refractivity contribution in [2.24, 2.45) is 7.05 Å². The molecule has 1 saturated heterocycles. The van der Waals surface area contributed by atoms with Gasteiger partial charge in [-0.15, -0.1) is 0 Å². The summed E-state index contributed by atoms with van der Waals surface area (Å²) >= 11 is 0. The zero-order valence-corrected chi connectivity index (χ0v) is 13.5. The second-order valence-corrected chi connectivity index (χ2v) is 5.97. The molecule has 0 aromatic carbocycles. The Kier molecular flexibility index (Phi) is 4.38. The Balaban J connectivity index is 1.61. The number of aryl methyl sites for hydroxylation is 1. The van der Waals surface area contributed by atoms with Gasteiger partial charge in [0.15, 0.2) is 5.82 Å². The molecule has 2 aromatic heterocycles. The molecule has 1 aliphatic heterocycles. The molecule has 23 heavy (non-hydrogen) atoms. The minimum Gasteiger partial charge on any atom is -0.367 e. The first-order valence-corrected chi connectivity index (χ1v) is 7.80. The first kappa shape index (κ1) is 15.6. The second kappa shape index (κ2) is 6.45. The molecule has 0 unspecified atom stereocenters. The predicted octanol–water partition coefficient (Wildman–Crippen LogP) is 1.56. The molecule has 0 saturated carbocycles. The summed E-state index contributed by atoms with van der Waals surface area (Å²) < 4.78 is 7.39. The lowest BCUT2D eigenvalue weighted by Gasteiger charge is -2.32. The smallest absolute Gasteiger partial charge is 0.269 e. The van der Waals surface area contributed by atoms with E-state index in [9.17, 15) is 4.79 Å². The Labute approximate surface area is 135 Å². The normalized spacial score (nSPS) is 21.1. The number of aromatic nitrogens is 4. The third-order valence-corrected chi connectivity index (χ3v) is 4.15. The highest BCUT2D eigenvalue weighted by Crippen LogP contribution is 2.32. The molecule has 7 heteroatoms. The van der Waals surface area contributed by atoms with Crippen molar-refractivity contribution in [3.63, 3.8) is 0 Å². The molecule has 1 amide bonds. The summed E-state index contributed by atoms with van der Waals surface area (Å²) in [6.07, 6.45) is 8.24. The number of ether oxygens (including phenoxy) is 1. The van der Waals surface area contributed by atoms with E-state index in [1.807, 2.05) is 6.92 Å².